The maximum Gasteiger partial charge on any atom is 0.323 e. The van der Waals surface area contributed by atoms with Gasteiger partial charge in [-0.25, -0.2) is 0 Å². The predicted molar refractivity (Wildman–Crippen MR) is 69.0 cm³/mol. The minimum atomic E-state index is -1.02. The molecule has 0 aliphatic rings. The van der Waals surface area contributed by atoms with E-state index in [2.05, 4.69) is 15.9 Å². The Hall–Kier alpha value is -1.36. The molecule has 0 spiro atoms. The maximum absolute atomic E-state index is 11.8. The Morgan fingerprint density at radius 1 is 1.29 bits per heavy atom. The highest BCUT2D eigenvalue weighted by Gasteiger charge is 2.17. The molecule has 0 unspecified atom stereocenters. The molecule has 92 valence electrons. The number of hydrogen-bond donors (Lipinski definition) is 1. The lowest BCUT2D eigenvalue weighted by Crippen LogP contribution is -2.35. The number of hydrogen-bond acceptors (Lipinski definition) is 2. The number of halogens is 1. The third-order valence-corrected chi connectivity index (χ3v) is 2.73. The molecule has 0 saturated carbocycles. The molecular weight excluding hydrogens is 286 g/mol. The highest BCUT2D eigenvalue weighted by Crippen LogP contribution is 2.19. The van der Waals surface area contributed by atoms with E-state index in [9.17, 15) is 9.59 Å². The smallest absolute Gasteiger partial charge is 0.323 e. The summed E-state index contributed by atoms with van der Waals surface area (Å²) in [6, 6.07) is 7.01. The third kappa shape index (κ3) is 4.19. The van der Waals surface area contributed by atoms with Crippen LogP contribution in [0.25, 0.3) is 0 Å². The molecule has 5 heteroatoms. The zero-order chi connectivity index (χ0) is 12.8. The van der Waals surface area contributed by atoms with Crippen molar-refractivity contribution in [3.8, 4) is 0 Å². The zero-order valence-electron chi connectivity index (χ0n) is 9.52. The summed E-state index contributed by atoms with van der Waals surface area (Å²) in [7, 11) is 0. The van der Waals surface area contributed by atoms with Crippen molar-refractivity contribution >= 4 is 33.5 Å². The average molecular weight is 300 g/mol. The summed E-state index contributed by atoms with van der Waals surface area (Å²) in [5.74, 6) is -1.19. The fourth-order valence-electron chi connectivity index (χ4n) is 1.43. The van der Waals surface area contributed by atoms with E-state index < -0.39 is 5.97 Å². The molecule has 0 aliphatic heterocycles. The molecule has 0 radical (unpaired) electrons. The lowest BCUT2D eigenvalue weighted by Gasteiger charge is -2.20. The summed E-state index contributed by atoms with van der Waals surface area (Å²) >= 11 is 3.29. The highest BCUT2D eigenvalue weighted by molar-refractivity contribution is 9.10. The minimum Gasteiger partial charge on any atom is -0.480 e. The number of carboxylic acids is 1. The summed E-state index contributed by atoms with van der Waals surface area (Å²) < 4.78 is 0.888. The second-order valence-corrected chi connectivity index (χ2v) is 4.52. The van der Waals surface area contributed by atoms with Gasteiger partial charge in [0, 0.05) is 16.6 Å². The lowest BCUT2D eigenvalue weighted by molar-refractivity contribution is -0.136. The Morgan fingerprint density at radius 2 is 1.88 bits per heavy atom. The van der Waals surface area contributed by atoms with Crippen molar-refractivity contribution < 1.29 is 14.7 Å². The largest absolute Gasteiger partial charge is 0.480 e. The second kappa shape index (κ2) is 6.39. The number of carbonyl (C=O) groups is 2. The lowest BCUT2D eigenvalue weighted by atomic mass is 10.2. The fourth-order valence-corrected chi connectivity index (χ4v) is 1.69. The van der Waals surface area contributed by atoms with Crippen LogP contribution in [-0.4, -0.2) is 23.5 Å². The van der Waals surface area contributed by atoms with Crippen molar-refractivity contribution in [2.45, 2.75) is 19.8 Å². The molecular formula is C12H14BrNO3. The van der Waals surface area contributed by atoms with Crippen LogP contribution in [-0.2, 0) is 9.59 Å². The summed E-state index contributed by atoms with van der Waals surface area (Å²) in [5.41, 5.74) is 0.606. The predicted octanol–water partition coefficient (Wildman–Crippen LogP) is 2.67. The van der Waals surface area contributed by atoms with Crippen LogP contribution in [0.2, 0.25) is 0 Å². The normalized spacial score (nSPS) is 10.0. The SMILES string of the molecule is CCCC(=O)N(CC(=O)O)c1ccc(Br)cc1. The average Bonchev–Trinajstić information content (AvgIpc) is 2.27. The molecule has 0 atom stereocenters. The van der Waals surface area contributed by atoms with Gasteiger partial charge in [-0.2, -0.15) is 0 Å². The topological polar surface area (TPSA) is 57.6 Å². The Labute approximate surface area is 108 Å². The van der Waals surface area contributed by atoms with Gasteiger partial charge in [0.15, 0.2) is 0 Å². The van der Waals surface area contributed by atoms with E-state index in [1.807, 2.05) is 6.92 Å². The first-order chi connectivity index (χ1) is 8.04. The van der Waals surface area contributed by atoms with Crippen molar-refractivity contribution in [1.82, 2.24) is 0 Å². The van der Waals surface area contributed by atoms with Crippen molar-refractivity contribution in [3.05, 3.63) is 28.7 Å². The highest BCUT2D eigenvalue weighted by atomic mass is 79.9. The Kier molecular flexibility index (Phi) is 5.15. The van der Waals surface area contributed by atoms with E-state index in [0.29, 0.717) is 18.5 Å². The molecule has 0 aliphatic carbocycles. The third-order valence-electron chi connectivity index (χ3n) is 2.20. The monoisotopic (exact) mass is 299 g/mol. The number of amides is 1. The Bertz CT molecular complexity index is 403. The van der Waals surface area contributed by atoms with Crippen molar-refractivity contribution in [2.75, 3.05) is 11.4 Å². The van der Waals surface area contributed by atoms with Crippen LogP contribution >= 0.6 is 15.9 Å². The first-order valence-corrected chi connectivity index (χ1v) is 6.11. The number of aliphatic carboxylic acids is 1. The molecule has 1 N–H and O–H groups in total. The molecule has 1 amide bonds. The van der Waals surface area contributed by atoms with Gasteiger partial charge in [0.25, 0.3) is 0 Å². The molecule has 0 heterocycles. The van der Waals surface area contributed by atoms with Crippen molar-refractivity contribution in [1.29, 1.82) is 0 Å². The van der Waals surface area contributed by atoms with E-state index >= 15 is 0 Å². The van der Waals surface area contributed by atoms with Gasteiger partial charge in [-0.3, -0.25) is 9.59 Å². The maximum atomic E-state index is 11.8. The molecule has 0 bridgehead atoms. The van der Waals surface area contributed by atoms with Gasteiger partial charge >= 0.3 is 5.97 Å². The summed E-state index contributed by atoms with van der Waals surface area (Å²) in [5, 5.41) is 8.81. The van der Waals surface area contributed by atoms with E-state index in [4.69, 9.17) is 5.11 Å². The van der Waals surface area contributed by atoms with E-state index in [0.717, 1.165) is 4.47 Å². The number of benzene rings is 1. The quantitative estimate of drug-likeness (QED) is 0.909. The van der Waals surface area contributed by atoms with Crippen LogP contribution in [0.4, 0.5) is 5.69 Å². The zero-order valence-corrected chi connectivity index (χ0v) is 11.1. The molecule has 0 saturated heterocycles. The van der Waals surface area contributed by atoms with Gasteiger partial charge in [0.2, 0.25) is 5.91 Å². The first kappa shape index (κ1) is 13.7. The van der Waals surface area contributed by atoms with E-state index in [1.165, 1.54) is 4.90 Å². The van der Waals surface area contributed by atoms with Crippen LogP contribution in [0, 0.1) is 0 Å². The van der Waals surface area contributed by atoms with Gasteiger partial charge in [0.05, 0.1) is 0 Å². The molecule has 17 heavy (non-hydrogen) atoms. The molecule has 1 rings (SSSR count). The standard InChI is InChI=1S/C12H14BrNO3/c1-2-3-11(15)14(8-12(16)17)10-6-4-9(13)5-7-10/h4-7H,2-3,8H2,1H3,(H,16,17). The van der Waals surface area contributed by atoms with Crippen LogP contribution in [0.5, 0.6) is 0 Å². The van der Waals surface area contributed by atoms with Crippen molar-refractivity contribution in [2.24, 2.45) is 0 Å². The van der Waals surface area contributed by atoms with Gasteiger partial charge in [-0.15, -0.1) is 0 Å². The molecule has 0 fully saturated rings. The van der Waals surface area contributed by atoms with Crippen LogP contribution in [0.15, 0.2) is 28.7 Å². The van der Waals surface area contributed by atoms with Crippen LogP contribution in [0.3, 0.4) is 0 Å². The van der Waals surface area contributed by atoms with Gasteiger partial charge in [0.1, 0.15) is 6.54 Å². The van der Waals surface area contributed by atoms with Gasteiger partial charge in [-0.1, -0.05) is 22.9 Å². The number of carbonyl (C=O) groups excluding carboxylic acids is 1. The minimum absolute atomic E-state index is 0.169. The van der Waals surface area contributed by atoms with E-state index in [1.54, 1.807) is 24.3 Å². The number of anilines is 1. The number of carboxylic acid groups (broad SMARTS) is 1. The summed E-state index contributed by atoms with van der Waals surface area (Å²) in [6.45, 7) is 1.58. The van der Waals surface area contributed by atoms with Crippen LogP contribution < -0.4 is 4.90 Å². The van der Waals surface area contributed by atoms with Crippen LogP contribution in [0.1, 0.15) is 19.8 Å². The second-order valence-electron chi connectivity index (χ2n) is 3.60. The van der Waals surface area contributed by atoms with E-state index in [-0.39, 0.29) is 12.5 Å². The molecule has 1 aromatic rings. The molecule has 4 nitrogen and oxygen atoms in total. The first-order valence-electron chi connectivity index (χ1n) is 5.32. The fraction of sp³-hybridized carbons (Fsp3) is 0.333. The Morgan fingerprint density at radius 3 is 2.35 bits per heavy atom. The van der Waals surface area contributed by atoms with Gasteiger partial charge < -0.3 is 10.0 Å². The number of rotatable bonds is 5. The molecule has 0 aromatic heterocycles. The summed E-state index contributed by atoms with van der Waals surface area (Å²) in [6.07, 6.45) is 1.05. The Balaban J connectivity index is 2.92. The van der Waals surface area contributed by atoms with Gasteiger partial charge in [-0.05, 0) is 30.7 Å². The summed E-state index contributed by atoms with van der Waals surface area (Å²) in [4.78, 5) is 23.9. The van der Waals surface area contributed by atoms with Crippen molar-refractivity contribution in [3.63, 3.8) is 0 Å². The molecule has 1 aromatic carbocycles. The number of nitrogens with zero attached hydrogens (tertiary/aromatic N) is 1.